The first kappa shape index (κ1) is 41.8. The van der Waals surface area contributed by atoms with E-state index in [0.717, 1.165) is 50.7 Å². The molecule has 0 aliphatic carbocycles. The zero-order valence-corrected chi connectivity index (χ0v) is 31.6. The number of halogens is 2. The smallest absolute Gasteiger partial charge is 0.160 e. The van der Waals surface area contributed by atoms with Crippen LogP contribution in [0.3, 0.4) is 0 Å². The Morgan fingerprint density at radius 1 is 0.415 bits per heavy atom. The van der Waals surface area contributed by atoms with Crippen molar-refractivity contribution in [1.82, 2.24) is 0 Å². The molecule has 0 fully saturated rings. The van der Waals surface area contributed by atoms with Crippen LogP contribution < -0.4 is 0 Å². The standard InChI is InChI=1S/C36H72Br2O3/c1-7-19-31(5)23-17-27-35(39-29-15-11-13-25-33(37)21-9-3)41-36(28-18-24-32(6)20-8-2)40-30-16-12-14-26-34(38)22-10-4/h31-36H,7-30H2,1-6H3. The minimum Gasteiger partial charge on any atom is -0.353 e. The van der Waals surface area contributed by atoms with Crippen molar-refractivity contribution < 1.29 is 14.2 Å². The summed E-state index contributed by atoms with van der Waals surface area (Å²) in [5, 5.41) is 0. The minimum absolute atomic E-state index is 0.144. The third-order valence-electron chi connectivity index (χ3n) is 8.27. The van der Waals surface area contributed by atoms with Crippen LogP contribution in [0.5, 0.6) is 0 Å². The number of alkyl halides is 2. The molecule has 41 heavy (non-hydrogen) atoms. The Morgan fingerprint density at radius 3 is 1.17 bits per heavy atom. The van der Waals surface area contributed by atoms with E-state index in [1.54, 1.807) is 0 Å². The van der Waals surface area contributed by atoms with Gasteiger partial charge in [0.25, 0.3) is 0 Å². The van der Waals surface area contributed by atoms with Crippen molar-refractivity contribution in [3.63, 3.8) is 0 Å². The van der Waals surface area contributed by atoms with Gasteiger partial charge in [0, 0.05) is 22.9 Å². The quantitative estimate of drug-likeness (QED) is 0.0395. The van der Waals surface area contributed by atoms with Gasteiger partial charge in [0.1, 0.15) is 0 Å². The van der Waals surface area contributed by atoms with Gasteiger partial charge in [0.15, 0.2) is 12.6 Å². The summed E-state index contributed by atoms with van der Waals surface area (Å²) in [7, 11) is 0. The van der Waals surface area contributed by atoms with Crippen molar-refractivity contribution in [1.29, 1.82) is 0 Å². The Hall–Kier alpha value is 0.840. The molecule has 248 valence electrons. The molecule has 0 aliphatic rings. The summed E-state index contributed by atoms with van der Waals surface area (Å²) in [4.78, 5) is 1.34. The molecule has 6 unspecified atom stereocenters. The molecule has 0 spiro atoms. The lowest BCUT2D eigenvalue weighted by atomic mass is 9.99. The van der Waals surface area contributed by atoms with E-state index in [2.05, 4.69) is 73.4 Å². The highest BCUT2D eigenvalue weighted by molar-refractivity contribution is 9.09. The second kappa shape index (κ2) is 30.8. The van der Waals surface area contributed by atoms with Crippen LogP contribution in [0.4, 0.5) is 0 Å². The highest BCUT2D eigenvalue weighted by Gasteiger charge is 2.19. The van der Waals surface area contributed by atoms with Crippen molar-refractivity contribution in [2.45, 2.75) is 205 Å². The van der Waals surface area contributed by atoms with Gasteiger partial charge in [-0.2, -0.15) is 0 Å². The van der Waals surface area contributed by atoms with Gasteiger partial charge >= 0.3 is 0 Å². The molecule has 6 atom stereocenters. The van der Waals surface area contributed by atoms with Crippen LogP contribution in [-0.4, -0.2) is 35.4 Å². The molecule has 0 aromatic rings. The molecule has 5 heteroatoms. The third-order valence-corrected chi connectivity index (χ3v) is 10.1. The number of hydrogen-bond donors (Lipinski definition) is 0. The maximum Gasteiger partial charge on any atom is 0.160 e. The van der Waals surface area contributed by atoms with E-state index < -0.39 is 0 Å². The van der Waals surface area contributed by atoms with Gasteiger partial charge < -0.3 is 14.2 Å². The molecular weight excluding hydrogens is 640 g/mol. The average molecular weight is 713 g/mol. The number of rotatable bonds is 32. The minimum atomic E-state index is -0.144. The highest BCUT2D eigenvalue weighted by Crippen LogP contribution is 2.22. The molecule has 0 amide bonds. The summed E-state index contributed by atoms with van der Waals surface area (Å²) in [6, 6.07) is 0. The fraction of sp³-hybridized carbons (Fsp3) is 1.00. The number of ether oxygens (including phenoxy) is 3. The summed E-state index contributed by atoms with van der Waals surface area (Å²) >= 11 is 7.65. The van der Waals surface area contributed by atoms with Crippen molar-refractivity contribution in [2.75, 3.05) is 13.2 Å². The first-order valence-electron chi connectivity index (χ1n) is 18.0. The van der Waals surface area contributed by atoms with E-state index in [1.165, 1.54) is 116 Å². The van der Waals surface area contributed by atoms with Crippen molar-refractivity contribution in [3.05, 3.63) is 0 Å². The Morgan fingerprint density at radius 2 is 0.805 bits per heavy atom. The van der Waals surface area contributed by atoms with Crippen LogP contribution in [0.15, 0.2) is 0 Å². The monoisotopic (exact) mass is 710 g/mol. The van der Waals surface area contributed by atoms with Gasteiger partial charge in [-0.1, -0.05) is 150 Å². The summed E-state index contributed by atoms with van der Waals surface area (Å²) < 4.78 is 19.4. The molecular formula is C36H72Br2O3. The summed E-state index contributed by atoms with van der Waals surface area (Å²) in [5.41, 5.74) is 0. The topological polar surface area (TPSA) is 27.7 Å². The lowest BCUT2D eigenvalue weighted by molar-refractivity contribution is -0.250. The third kappa shape index (κ3) is 28.1. The van der Waals surface area contributed by atoms with Gasteiger partial charge in [0.2, 0.25) is 0 Å². The molecule has 0 rings (SSSR count). The van der Waals surface area contributed by atoms with Crippen LogP contribution in [-0.2, 0) is 14.2 Å². The Labute approximate surface area is 275 Å². The van der Waals surface area contributed by atoms with Crippen molar-refractivity contribution >= 4 is 31.9 Å². The summed E-state index contributed by atoms with van der Waals surface area (Å²) in [5.74, 6) is 1.56. The Bertz CT molecular complexity index is 477. The van der Waals surface area contributed by atoms with Crippen LogP contribution in [0.2, 0.25) is 0 Å². The molecule has 0 N–H and O–H groups in total. The van der Waals surface area contributed by atoms with Crippen molar-refractivity contribution in [3.8, 4) is 0 Å². The Balaban J connectivity index is 4.85. The van der Waals surface area contributed by atoms with Gasteiger partial charge in [-0.05, 0) is 76.0 Å². The van der Waals surface area contributed by atoms with Crippen LogP contribution in [0.1, 0.15) is 183 Å². The van der Waals surface area contributed by atoms with Gasteiger partial charge in [0.05, 0.1) is 0 Å². The molecule has 0 aliphatic heterocycles. The normalized spacial score (nSPS) is 16.4. The van der Waals surface area contributed by atoms with E-state index >= 15 is 0 Å². The van der Waals surface area contributed by atoms with E-state index in [1.807, 2.05) is 0 Å². The van der Waals surface area contributed by atoms with E-state index in [0.29, 0.717) is 9.65 Å². The predicted molar refractivity (Wildman–Crippen MR) is 189 cm³/mol. The van der Waals surface area contributed by atoms with Crippen LogP contribution in [0.25, 0.3) is 0 Å². The number of unbranched alkanes of at least 4 members (excludes halogenated alkanes) is 4. The largest absolute Gasteiger partial charge is 0.353 e. The van der Waals surface area contributed by atoms with E-state index in [4.69, 9.17) is 14.2 Å². The average Bonchev–Trinajstić information content (AvgIpc) is 2.92. The first-order chi connectivity index (χ1) is 19.9. The van der Waals surface area contributed by atoms with Gasteiger partial charge in [-0.25, -0.2) is 0 Å². The predicted octanol–water partition coefficient (Wildman–Crippen LogP) is 13.1. The maximum atomic E-state index is 6.63. The number of hydrogen-bond acceptors (Lipinski definition) is 3. The first-order valence-corrected chi connectivity index (χ1v) is 19.9. The fourth-order valence-electron chi connectivity index (χ4n) is 5.72. The second-order valence-electron chi connectivity index (χ2n) is 12.9. The fourth-order valence-corrected chi connectivity index (χ4v) is 7.29. The van der Waals surface area contributed by atoms with Crippen molar-refractivity contribution in [2.24, 2.45) is 11.8 Å². The molecule has 0 radical (unpaired) electrons. The SMILES string of the molecule is CCCC(C)CCCC(OCCCCCC(Br)CCC)OC(CCCC(C)CCC)OCCCCCC(Br)CCC. The maximum absolute atomic E-state index is 6.63. The molecule has 0 heterocycles. The molecule has 0 saturated heterocycles. The van der Waals surface area contributed by atoms with Crippen LogP contribution >= 0.6 is 31.9 Å². The Kier molecular flexibility index (Phi) is 31.5. The molecule has 0 aromatic heterocycles. The summed E-state index contributed by atoms with van der Waals surface area (Å²) in [6.45, 7) is 15.5. The molecule has 3 nitrogen and oxygen atoms in total. The summed E-state index contributed by atoms with van der Waals surface area (Å²) in [6.07, 6.45) is 26.5. The molecule has 0 bridgehead atoms. The van der Waals surface area contributed by atoms with E-state index in [-0.39, 0.29) is 12.6 Å². The highest BCUT2D eigenvalue weighted by atomic mass is 79.9. The second-order valence-corrected chi connectivity index (χ2v) is 15.4. The lowest BCUT2D eigenvalue weighted by Crippen LogP contribution is -2.28. The zero-order valence-electron chi connectivity index (χ0n) is 28.4. The molecule has 0 saturated carbocycles. The van der Waals surface area contributed by atoms with E-state index in [9.17, 15) is 0 Å². The molecule has 0 aromatic carbocycles. The van der Waals surface area contributed by atoms with Gasteiger partial charge in [-0.3, -0.25) is 0 Å². The van der Waals surface area contributed by atoms with Gasteiger partial charge in [-0.15, -0.1) is 0 Å². The van der Waals surface area contributed by atoms with Crippen LogP contribution in [0, 0.1) is 11.8 Å². The lowest BCUT2D eigenvalue weighted by Gasteiger charge is -2.26. The zero-order chi connectivity index (χ0) is 30.6.